The molecule has 4 heteroatoms. The van der Waals surface area contributed by atoms with Crippen LogP contribution in [0, 0.1) is 35.9 Å². The fourth-order valence-electron chi connectivity index (χ4n) is 2.86. The van der Waals surface area contributed by atoms with Crippen molar-refractivity contribution < 1.29 is 4.39 Å². The lowest BCUT2D eigenvalue weighted by Crippen LogP contribution is -2.31. The fraction of sp³-hybridized carbons (Fsp3) is 0.238. The molecule has 0 aliphatic carbocycles. The summed E-state index contributed by atoms with van der Waals surface area (Å²) in [6.07, 6.45) is 5.66. The molecule has 2 aromatic rings. The van der Waals surface area contributed by atoms with Gasteiger partial charge in [-0.15, -0.1) is 0 Å². The molecule has 1 saturated heterocycles. The van der Waals surface area contributed by atoms with Gasteiger partial charge in [-0.1, -0.05) is 23.5 Å². The predicted octanol–water partition coefficient (Wildman–Crippen LogP) is 3.98. The molecule has 0 atom stereocenters. The molecular weight excluding hydrogens is 313 g/mol. The number of aryl methyl sites for hydroxylation is 1. The van der Waals surface area contributed by atoms with E-state index in [0.717, 1.165) is 31.7 Å². The molecular formula is C21H18FN3. The topological polar surface area (TPSA) is 39.9 Å². The number of hydrogen-bond donors (Lipinski definition) is 0. The first-order valence-corrected chi connectivity index (χ1v) is 8.23. The van der Waals surface area contributed by atoms with Crippen molar-refractivity contribution in [2.75, 3.05) is 18.0 Å². The van der Waals surface area contributed by atoms with Crippen LogP contribution in [-0.4, -0.2) is 18.1 Å². The number of aromatic nitrogens is 1. The van der Waals surface area contributed by atoms with Crippen LogP contribution in [0.25, 0.3) is 0 Å². The number of benzene rings is 1. The van der Waals surface area contributed by atoms with Crippen molar-refractivity contribution in [3.63, 3.8) is 0 Å². The van der Waals surface area contributed by atoms with Crippen molar-refractivity contribution in [3.05, 3.63) is 70.7 Å². The predicted molar refractivity (Wildman–Crippen MR) is 96.5 cm³/mol. The maximum Gasteiger partial charge on any atom is 0.142 e. The van der Waals surface area contributed by atoms with E-state index in [1.165, 1.54) is 23.3 Å². The van der Waals surface area contributed by atoms with Crippen LogP contribution in [0.5, 0.6) is 0 Å². The van der Waals surface area contributed by atoms with Gasteiger partial charge in [-0.2, -0.15) is 5.26 Å². The Kier molecular flexibility index (Phi) is 5.11. The maximum atomic E-state index is 13.6. The van der Waals surface area contributed by atoms with E-state index in [1.807, 2.05) is 18.3 Å². The molecule has 1 fully saturated rings. The molecule has 1 aromatic carbocycles. The maximum absolute atomic E-state index is 13.6. The van der Waals surface area contributed by atoms with E-state index < -0.39 is 5.82 Å². The number of hydrogen-bond acceptors (Lipinski definition) is 3. The van der Waals surface area contributed by atoms with Crippen LogP contribution in [0.2, 0.25) is 0 Å². The Bertz CT molecular complexity index is 903. The second-order valence-electron chi connectivity index (χ2n) is 6.01. The van der Waals surface area contributed by atoms with Crippen molar-refractivity contribution in [1.29, 1.82) is 5.26 Å². The third kappa shape index (κ3) is 4.05. The van der Waals surface area contributed by atoms with E-state index in [0.29, 0.717) is 5.56 Å². The number of halogens is 1. The average Bonchev–Trinajstić information content (AvgIpc) is 2.63. The first-order valence-electron chi connectivity index (χ1n) is 8.23. The van der Waals surface area contributed by atoms with Crippen LogP contribution in [0.15, 0.2) is 48.2 Å². The lowest BCUT2D eigenvalue weighted by Gasteiger charge is -2.30. The first-order chi connectivity index (χ1) is 12.2. The number of nitrogens with zero attached hydrogens (tertiary/aromatic N) is 3. The zero-order valence-corrected chi connectivity index (χ0v) is 14.1. The minimum Gasteiger partial charge on any atom is -0.356 e. The molecule has 3 nitrogen and oxygen atoms in total. The molecule has 0 N–H and O–H groups in total. The highest BCUT2D eigenvalue weighted by molar-refractivity contribution is 5.47. The summed E-state index contributed by atoms with van der Waals surface area (Å²) in [5.74, 6) is 6.47. The number of rotatable bonds is 1. The van der Waals surface area contributed by atoms with Gasteiger partial charge in [0.05, 0.1) is 5.56 Å². The van der Waals surface area contributed by atoms with Crippen LogP contribution < -0.4 is 4.90 Å². The molecule has 25 heavy (non-hydrogen) atoms. The third-order valence-electron chi connectivity index (χ3n) is 4.27. The molecule has 0 spiro atoms. The van der Waals surface area contributed by atoms with E-state index in [9.17, 15) is 4.39 Å². The Morgan fingerprint density at radius 3 is 2.72 bits per heavy atom. The molecule has 1 aliphatic heterocycles. The van der Waals surface area contributed by atoms with Crippen molar-refractivity contribution >= 4 is 5.82 Å². The number of anilines is 1. The summed E-state index contributed by atoms with van der Waals surface area (Å²) in [4.78, 5) is 6.77. The summed E-state index contributed by atoms with van der Waals surface area (Å²) in [7, 11) is 0. The summed E-state index contributed by atoms with van der Waals surface area (Å²) >= 11 is 0. The van der Waals surface area contributed by atoms with Gasteiger partial charge in [0.1, 0.15) is 17.7 Å². The van der Waals surface area contributed by atoms with E-state index in [1.54, 1.807) is 12.1 Å². The lowest BCUT2D eigenvalue weighted by molar-refractivity contribution is 0.623. The molecule has 3 rings (SSSR count). The van der Waals surface area contributed by atoms with Crippen molar-refractivity contribution in [2.24, 2.45) is 0 Å². The normalized spacial score (nSPS) is 13.6. The van der Waals surface area contributed by atoms with E-state index >= 15 is 0 Å². The van der Waals surface area contributed by atoms with Crippen LogP contribution in [-0.2, 0) is 0 Å². The summed E-state index contributed by atoms with van der Waals surface area (Å²) in [5, 5.41) is 8.73. The smallest absolute Gasteiger partial charge is 0.142 e. The minimum atomic E-state index is -0.527. The second kappa shape index (κ2) is 7.64. The van der Waals surface area contributed by atoms with E-state index in [-0.39, 0.29) is 5.56 Å². The van der Waals surface area contributed by atoms with Gasteiger partial charge in [-0.3, -0.25) is 0 Å². The van der Waals surface area contributed by atoms with Gasteiger partial charge < -0.3 is 4.90 Å². The molecule has 124 valence electrons. The lowest BCUT2D eigenvalue weighted by atomic mass is 10.0. The zero-order valence-electron chi connectivity index (χ0n) is 14.1. The Labute approximate surface area is 147 Å². The zero-order chi connectivity index (χ0) is 17.6. The monoisotopic (exact) mass is 331 g/mol. The highest BCUT2D eigenvalue weighted by atomic mass is 19.1. The van der Waals surface area contributed by atoms with Crippen molar-refractivity contribution in [1.82, 2.24) is 4.98 Å². The largest absolute Gasteiger partial charge is 0.356 e. The van der Waals surface area contributed by atoms with Gasteiger partial charge in [-0.25, -0.2) is 9.37 Å². The molecule has 0 unspecified atom stereocenters. The summed E-state index contributed by atoms with van der Waals surface area (Å²) < 4.78 is 13.6. The van der Waals surface area contributed by atoms with Crippen LogP contribution in [0.4, 0.5) is 10.2 Å². The Morgan fingerprint density at radius 2 is 2.04 bits per heavy atom. The summed E-state index contributed by atoms with van der Waals surface area (Å²) in [5.41, 5.74) is 3.11. The summed E-state index contributed by atoms with van der Waals surface area (Å²) in [6.45, 7) is 3.93. The number of nitriles is 1. The van der Waals surface area contributed by atoms with Crippen molar-refractivity contribution in [2.45, 2.75) is 19.8 Å². The number of pyridine rings is 1. The van der Waals surface area contributed by atoms with E-state index in [4.69, 9.17) is 5.26 Å². The Morgan fingerprint density at radius 1 is 1.24 bits per heavy atom. The quantitative estimate of drug-likeness (QED) is 0.742. The Hall–Kier alpha value is -3.11. The molecule has 0 amide bonds. The molecule has 0 saturated carbocycles. The van der Waals surface area contributed by atoms with Gasteiger partial charge in [0.25, 0.3) is 0 Å². The molecule has 1 aromatic heterocycles. The minimum absolute atomic E-state index is 0.0427. The van der Waals surface area contributed by atoms with Crippen LogP contribution >= 0.6 is 0 Å². The second-order valence-corrected chi connectivity index (χ2v) is 6.01. The molecule has 1 aliphatic rings. The third-order valence-corrected chi connectivity index (χ3v) is 4.27. The molecule has 0 bridgehead atoms. The average molecular weight is 331 g/mol. The number of piperidine rings is 1. The Balaban J connectivity index is 1.63. The standard InChI is InChI=1S/C21H18FN3/c1-16-4-3-11-24-21(16)25-12-9-17(10-13-25)5-2-6-18-7-8-19(15-23)20(22)14-18/h3-5,7-8,11,14H,9-10,12-13H2,1H3. The molecule has 0 radical (unpaired) electrons. The highest BCUT2D eigenvalue weighted by Crippen LogP contribution is 2.23. The summed E-state index contributed by atoms with van der Waals surface area (Å²) in [6, 6.07) is 10.3. The first kappa shape index (κ1) is 16.7. The highest BCUT2D eigenvalue weighted by Gasteiger charge is 2.16. The van der Waals surface area contributed by atoms with Crippen molar-refractivity contribution in [3.8, 4) is 17.9 Å². The van der Waals surface area contributed by atoms with Gasteiger partial charge in [0.2, 0.25) is 0 Å². The van der Waals surface area contributed by atoms with Gasteiger partial charge in [0.15, 0.2) is 0 Å². The van der Waals surface area contributed by atoms with Crippen LogP contribution in [0.3, 0.4) is 0 Å². The van der Waals surface area contributed by atoms with Gasteiger partial charge in [-0.05, 0) is 55.7 Å². The number of allylic oxidation sites excluding steroid dienone is 1. The SMILES string of the molecule is Cc1cccnc1N1CCC(=CC#Cc2ccc(C#N)c(F)c2)CC1. The van der Waals surface area contributed by atoms with Gasteiger partial charge >= 0.3 is 0 Å². The van der Waals surface area contributed by atoms with E-state index in [2.05, 4.69) is 34.7 Å². The fourth-order valence-corrected chi connectivity index (χ4v) is 2.86. The molecule has 2 heterocycles. The van der Waals surface area contributed by atoms with Gasteiger partial charge in [0, 0.05) is 24.8 Å². The van der Waals surface area contributed by atoms with Crippen LogP contribution in [0.1, 0.15) is 29.5 Å².